The van der Waals surface area contributed by atoms with Gasteiger partial charge in [0, 0.05) is 18.7 Å². The highest BCUT2D eigenvalue weighted by atomic mass is 32.2. The minimum atomic E-state index is -0.649. The number of hydrogen-bond donors (Lipinski definition) is 1. The van der Waals surface area contributed by atoms with Crippen LogP contribution in [0.3, 0.4) is 0 Å². The molecule has 0 fully saturated rings. The fourth-order valence-electron chi connectivity index (χ4n) is 1.56. The van der Waals surface area contributed by atoms with E-state index in [2.05, 4.69) is 15.3 Å². The van der Waals surface area contributed by atoms with E-state index in [1.165, 1.54) is 11.8 Å². The highest BCUT2D eigenvalue weighted by Crippen LogP contribution is 2.26. The Balaban J connectivity index is 2.27. The molecular weight excluding hydrogens is 296 g/mol. The number of hydrogen-bond acceptors (Lipinski definition) is 5. The first kappa shape index (κ1) is 15.5. The third-order valence-electron chi connectivity index (χ3n) is 2.53. The van der Waals surface area contributed by atoms with Gasteiger partial charge in [-0.2, -0.15) is 4.98 Å². The average Bonchev–Trinajstić information content (AvgIpc) is 2.48. The lowest BCUT2D eigenvalue weighted by atomic mass is 10.3. The highest BCUT2D eigenvalue weighted by Gasteiger charge is 2.10. The minimum Gasteiger partial charge on any atom is -0.436 e. The SMILES string of the molecule is CCCNc1cc(Oc2cc(F)ccc2F)nc(SC)n1. The van der Waals surface area contributed by atoms with E-state index in [0.717, 1.165) is 31.2 Å². The Morgan fingerprint density at radius 2 is 2.05 bits per heavy atom. The molecular formula is C14H15F2N3OS. The fourth-order valence-corrected chi connectivity index (χ4v) is 1.93. The summed E-state index contributed by atoms with van der Waals surface area (Å²) in [7, 11) is 0. The number of nitrogens with one attached hydrogen (secondary N) is 1. The van der Waals surface area contributed by atoms with Crippen molar-refractivity contribution in [1.82, 2.24) is 9.97 Å². The number of ether oxygens (including phenoxy) is 1. The van der Waals surface area contributed by atoms with Gasteiger partial charge in [0.2, 0.25) is 5.88 Å². The van der Waals surface area contributed by atoms with Gasteiger partial charge in [-0.3, -0.25) is 0 Å². The third kappa shape index (κ3) is 4.29. The number of anilines is 1. The second-order valence-electron chi connectivity index (χ2n) is 4.18. The van der Waals surface area contributed by atoms with Gasteiger partial charge in [-0.1, -0.05) is 18.7 Å². The molecule has 2 rings (SSSR count). The molecule has 0 aliphatic carbocycles. The van der Waals surface area contributed by atoms with Crippen LogP contribution in [0, 0.1) is 11.6 Å². The van der Waals surface area contributed by atoms with Crippen molar-refractivity contribution in [3.63, 3.8) is 0 Å². The van der Waals surface area contributed by atoms with Crippen molar-refractivity contribution in [2.45, 2.75) is 18.5 Å². The molecule has 4 nitrogen and oxygen atoms in total. The highest BCUT2D eigenvalue weighted by molar-refractivity contribution is 7.98. The zero-order valence-electron chi connectivity index (χ0n) is 11.7. The van der Waals surface area contributed by atoms with Gasteiger partial charge >= 0.3 is 0 Å². The smallest absolute Gasteiger partial charge is 0.225 e. The summed E-state index contributed by atoms with van der Waals surface area (Å²) in [5, 5.41) is 3.60. The Morgan fingerprint density at radius 1 is 1.24 bits per heavy atom. The molecule has 0 amide bonds. The molecule has 0 spiro atoms. The van der Waals surface area contributed by atoms with E-state index in [1.54, 1.807) is 6.07 Å². The molecule has 0 aliphatic rings. The van der Waals surface area contributed by atoms with Crippen molar-refractivity contribution in [1.29, 1.82) is 0 Å². The number of thioether (sulfide) groups is 1. The van der Waals surface area contributed by atoms with Gasteiger partial charge in [0.25, 0.3) is 0 Å². The molecule has 0 radical (unpaired) electrons. The molecule has 1 aromatic carbocycles. The predicted octanol–water partition coefficient (Wildman–Crippen LogP) is 4.09. The lowest BCUT2D eigenvalue weighted by Crippen LogP contribution is -2.04. The van der Waals surface area contributed by atoms with Crippen LogP contribution in [0.1, 0.15) is 13.3 Å². The lowest BCUT2D eigenvalue weighted by molar-refractivity contribution is 0.418. The van der Waals surface area contributed by atoms with Crippen LogP contribution in [0.5, 0.6) is 11.6 Å². The maximum atomic E-state index is 13.6. The normalized spacial score (nSPS) is 10.5. The molecule has 2 aromatic rings. The first-order valence-electron chi connectivity index (χ1n) is 6.42. The van der Waals surface area contributed by atoms with Crippen molar-refractivity contribution in [2.24, 2.45) is 0 Å². The van der Waals surface area contributed by atoms with Gasteiger partial charge in [-0.25, -0.2) is 13.8 Å². The molecule has 0 saturated heterocycles. The fraction of sp³-hybridized carbons (Fsp3) is 0.286. The maximum Gasteiger partial charge on any atom is 0.225 e. The quantitative estimate of drug-likeness (QED) is 0.643. The van der Waals surface area contributed by atoms with Crippen molar-refractivity contribution in [2.75, 3.05) is 18.1 Å². The molecule has 0 saturated carbocycles. The summed E-state index contributed by atoms with van der Waals surface area (Å²) in [5.41, 5.74) is 0. The van der Waals surface area contributed by atoms with Gasteiger partial charge in [0.1, 0.15) is 11.6 Å². The molecule has 0 unspecified atom stereocenters. The Labute approximate surface area is 126 Å². The van der Waals surface area contributed by atoms with Crippen molar-refractivity contribution < 1.29 is 13.5 Å². The zero-order chi connectivity index (χ0) is 15.2. The monoisotopic (exact) mass is 311 g/mol. The maximum absolute atomic E-state index is 13.6. The van der Waals surface area contributed by atoms with Crippen LogP contribution in [0.15, 0.2) is 29.4 Å². The number of halogens is 2. The molecule has 1 heterocycles. The Bertz CT molecular complexity index is 625. The number of rotatable bonds is 6. The van der Waals surface area contributed by atoms with E-state index in [4.69, 9.17) is 4.74 Å². The summed E-state index contributed by atoms with van der Waals surface area (Å²) < 4.78 is 32.1. The second kappa shape index (κ2) is 7.21. The Hall–Kier alpha value is -1.89. The van der Waals surface area contributed by atoms with Gasteiger partial charge in [0.15, 0.2) is 16.7 Å². The summed E-state index contributed by atoms with van der Waals surface area (Å²) in [6.07, 6.45) is 2.76. The van der Waals surface area contributed by atoms with Gasteiger partial charge in [0.05, 0.1) is 0 Å². The number of nitrogens with zero attached hydrogens (tertiary/aromatic N) is 2. The lowest BCUT2D eigenvalue weighted by Gasteiger charge is -2.10. The molecule has 0 atom stereocenters. The minimum absolute atomic E-state index is 0.164. The van der Waals surface area contributed by atoms with Crippen LogP contribution < -0.4 is 10.1 Å². The summed E-state index contributed by atoms with van der Waals surface area (Å²) in [5.74, 6) is -0.679. The molecule has 1 aromatic heterocycles. The van der Waals surface area contributed by atoms with Crippen LogP contribution in [0.25, 0.3) is 0 Å². The van der Waals surface area contributed by atoms with Crippen molar-refractivity contribution in [3.05, 3.63) is 35.9 Å². The van der Waals surface area contributed by atoms with E-state index in [9.17, 15) is 8.78 Å². The van der Waals surface area contributed by atoms with Gasteiger partial charge in [-0.05, 0) is 24.8 Å². The van der Waals surface area contributed by atoms with E-state index in [0.29, 0.717) is 11.0 Å². The van der Waals surface area contributed by atoms with Crippen LogP contribution in [-0.4, -0.2) is 22.8 Å². The van der Waals surface area contributed by atoms with Crippen LogP contribution in [0.4, 0.5) is 14.6 Å². The topological polar surface area (TPSA) is 47.0 Å². The molecule has 21 heavy (non-hydrogen) atoms. The number of benzene rings is 1. The predicted molar refractivity (Wildman–Crippen MR) is 79.0 cm³/mol. The summed E-state index contributed by atoms with van der Waals surface area (Å²) in [6, 6.07) is 4.58. The van der Waals surface area contributed by atoms with Gasteiger partial charge in [-0.15, -0.1) is 0 Å². The second-order valence-corrected chi connectivity index (χ2v) is 4.96. The van der Waals surface area contributed by atoms with E-state index in [1.807, 2.05) is 13.2 Å². The first-order valence-corrected chi connectivity index (χ1v) is 7.64. The third-order valence-corrected chi connectivity index (χ3v) is 3.08. The van der Waals surface area contributed by atoms with E-state index < -0.39 is 11.6 Å². The molecule has 1 N–H and O–H groups in total. The number of aromatic nitrogens is 2. The summed E-state index contributed by atoms with van der Waals surface area (Å²) >= 11 is 1.34. The molecule has 0 bridgehead atoms. The molecule has 0 aliphatic heterocycles. The average molecular weight is 311 g/mol. The summed E-state index contributed by atoms with van der Waals surface area (Å²) in [6.45, 7) is 2.78. The largest absolute Gasteiger partial charge is 0.436 e. The molecule has 7 heteroatoms. The molecule has 112 valence electrons. The zero-order valence-corrected chi connectivity index (χ0v) is 12.5. The Morgan fingerprint density at radius 3 is 2.76 bits per heavy atom. The van der Waals surface area contributed by atoms with Crippen LogP contribution in [-0.2, 0) is 0 Å². The Kier molecular flexibility index (Phi) is 5.32. The van der Waals surface area contributed by atoms with Crippen LogP contribution in [0.2, 0.25) is 0 Å². The van der Waals surface area contributed by atoms with Crippen molar-refractivity contribution in [3.8, 4) is 11.6 Å². The van der Waals surface area contributed by atoms with E-state index >= 15 is 0 Å². The van der Waals surface area contributed by atoms with E-state index in [-0.39, 0.29) is 11.6 Å². The van der Waals surface area contributed by atoms with Crippen LogP contribution >= 0.6 is 11.8 Å². The van der Waals surface area contributed by atoms with Gasteiger partial charge < -0.3 is 10.1 Å². The first-order chi connectivity index (χ1) is 10.1. The standard InChI is InChI=1S/C14H15F2N3OS/c1-3-6-17-12-8-13(19-14(18-12)21-2)20-11-7-9(15)4-5-10(11)16/h4-5,7-8H,3,6H2,1-2H3,(H,17,18,19). The van der Waals surface area contributed by atoms with Crippen molar-refractivity contribution >= 4 is 17.6 Å². The summed E-state index contributed by atoms with van der Waals surface area (Å²) in [4.78, 5) is 8.39.